The van der Waals surface area contributed by atoms with Gasteiger partial charge in [-0.2, -0.15) is 0 Å². The molecule has 0 aromatic rings. The fraction of sp³-hybridized carbons (Fsp3) is 0.781. The van der Waals surface area contributed by atoms with Crippen molar-refractivity contribution in [1.82, 2.24) is 14.7 Å². The van der Waals surface area contributed by atoms with E-state index in [4.69, 9.17) is 4.74 Å². The van der Waals surface area contributed by atoms with E-state index in [9.17, 15) is 19.5 Å². The third-order valence-corrected chi connectivity index (χ3v) is 9.47. The van der Waals surface area contributed by atoms with Gasteiger partial charge >= 0.3 is 0 Å². The molecule has 226 valence electrons. The van der Waals surface area contributed by atoms with E-state index >= 15 is 0 Å². The molecule has 3 unspecified atom stereocenters. The number of hydrogen-bond acceptors (Lipinski definition) is 5. The summed E-state index contributed by atoms with van der Waals surface area (Å²) in [6.07, 6.45) is 8.26. The van der Waals surface area contributed by atoms with Crippen molar-refractivity contribution in [2.45, 2.75) is 116 Å². The summed E-state index contributed by atoms with van der Waals surface area (Å²) in [4.78, 5) is 48.8. The van der Waals surface area contributed by atoms with Crippen LogP contribution in [0.25, 0.3) is 0 Å². The average molecular weight is 560 g/mol. The first kappa shape index (κ1) is 32.3. The zero-order valence-electron chi connectivity index (χ0n) is 25.7. The highest BCUT2D eigenvalue weighted by atomic mass is 16.5. The third kappa shape index (κ3) is 5.38. The number of hydrogen-bond donors (Lipinski definition) is 1. The van der Waals surface area contributed by atoms with Crippen LogP contribution >= 0.6 is 0 Å². The molecule has 8 heteroatoms. The Hall–Kier alpha value is -2.19. The van der Waals surface area contributed by atoms with Crippen molar-refractivity contribution < 1.29 is 24.2 Å². The van der Waals surface area contributed by atoms with Gasteiger partial charge in [-0.3, -0.25) is 14.4 Å². The third-order valence-electron chi connectivity index (χ3n) is 9.47. The minimum absolute atomic E-state index is 0.0515. The molecule has 0 aliphatic carbocycles. The number of rotatable bonds is 16. The monoisotopic (exact) mass is 559 g/mol. The summed E-state index contributed by atoms with van der Waals surface area (Å²) < 4.78 is 6.97. The lowest BCUT2D eigenvalue weighted by Crippen LogP contribution is -2.60. The molecule has 40 heavy (non-hydrogen) atoms. The standard InChI is InChI=1S/C32H53N3O5/c1-9-14-23(8)34(19-12-4)30(39)27-32-16-15-31(13-5,40-32)25(28(37)33(17-10-2)18-11-3)26(32)29(38)35(27)24(21-36)20-22(6)7/h10,12,22-27,36H,2,4,9,11,13-21H2,1,3,5-8H3/t23?,24-,25-,26+,27?,31+,32?/m1/s1. The number of carbonyl (C=O) groups is 3. The highest BCUT2D eigenvalue weighted by molar-refractivity contribution is 5.99. The molecule has 3 saturated heterocycles. The number of aliphatic hydroxyl groups is 1. The molecule has 0 saturated carbocycles. The maximum absolute atomic E-state index is 14.7. The predicted octanol–water partition coefficient (Wildman–Crippen LogP) is 4.18. The zero-order chi connectivity index (χ0) is 29.8. The van der Waals surface area contributed by atoms with Gasteiger partial charge in [-0.15, -0.1) is 13.2 Å². The molecule has 7 atom stereocenters. The largest absolute Gasteiger partial charge is 0.394 e. The van der Waals surface area contributed by atoms with Crippen LogP contribution in [0.1, 0.15) is 86.5 Å². The number of ether oxygens (including phenoxy) is 1. The maximum Gasteiger partial charge on any atom is 0.248 e. The predicted molar refractivity (Wildman–Crippen MR) is 157 cm³/mol. The first-order valence-corrected chi connectivity index (χ1v) is 15.5. The van der Waals surface area contributed by atoms with Crippen LogP contribution in [-0.4, -0.2) is 93.1 Å². The van der Waals surface area contributed by atoms with Crippen molar-refractivity contribution in [3.8, 4) is 0 Å². The lowest BCUT2D eigenvalue weighted by molar-refractivity contribution is -0.159. The van der Waals surface area contributed by atoms with E-state index in [1.807, 2.05) is 39.5 Å². The van der Waals surface area contributed by atoms with Crippen LogP contribution in [-0.2, 0) is 19.1 Å². The number of nitrogens with zero attached hydrogens (tertiary/aromatic N) is 3. The Balaban J connectivity index is 2.19. The minimum atomic E-state index is -1.10. The van der Waals surface area contributed by atoms with Gasteiger partial charge in [0.05, 0.1) is 30.1 Å². The molecule has 1 spiro atoms. The van der Waals surface area contributed by atoms with Crippen molar-refractivity contribution in [2.24, 2.45) is 17.8 Å². The first-order valence-electron chi connectivity index (χ1n) is 15.5. The van der Waals surface area contributed by atoms with Crippen LogP contribution in [0.15, 0.2) is 25.3 Å². The van der Waals surface area contributed by atoms with E-state index in [0.29, 0.717) is 45.3 Å². The Kier molecular flexibility index (Phi) is 10.7. The van der Waals surface area contributed by atoms with E-state index < -0.39 is 35.1 Å². The van der Waals surface area contributed by atoms with Crippen LogP contribution < -0.4 is 0 Å². The normalized spacial score (nSPS) is 30.4. The summed E-state index contributed by atoms with van der Waals surface area (Å²) in [5.74, 6) is -1.74. The molecular formula is C32H53N3O5. The number of aliphatic hydroxyl groups excluding tert-OH is 1. The van der Waals surface area contributed by atoms with Gasteiger partial charge in [-0.05, 0) is 51.4 Å². The Morgan fingerprint density at radius 3 is 2.30 bits per heavy atom. The van der Waals surface area contributed by atoms with Crippen molar-refractivity contribution in [3.05, 3.63) is 25.3 Å². The Morgan fingerprint density at radius 1 is 1.10 bits per heavy atom. The SMILES string of the molecule is C=CCN(CCC)C(=O)[C@H]1[C@H]2C(=O)N([C@@H](CO)CC(C)C)C(C(=O)N(CC=C)C(C)CCC)C23CC[C@]1(CC)O3. The van der Waals surface area contributed by atoms with Gasteiger partial charge in [0.15, 0.2) is 0 Å². The fourth-order valence-corrected chi connectivity index (χ4v) is 7.79. The van der Waals surface area contributed by atoms with Crippen LogP contribution in [0.4, 0.5) is 0 Å². The smallest absolute Gasteiger partial charge is 0.248 e. The summed E-state index contributed by atoms with van der Waals surface area (Å²) >= 11 is 0. The minimum Gasteiger partial charge on any atom is -0.394 e. The Morgan fingerprint density at radius 2 is 1.77 bits per heavy atom. The second-order valence-corrected chi connectivity index (χ2v) is 12.5. The lowest BCUT2D eigenvalue weighted by Gasteiger charge is -2.41. The van der Waals surface area contributed by atoms with Crippen LogP contribution in [0, 0.1) is 17.8 Å². The molecule has 2 bridgehead atoms. The molecule has 3 rings (SSSR count). The highest BCUT2D eigenvalue weighted by Gasteiger charge is 2.79. The van der Waals surface area contributed by atoms with Crippen molar-refractivity contribution in [3.63, 3.8) is 0 Å². The van der Waals surface area contributed by atoms with E-state index in [0.717, 1.165) is 19.3 Å². The number of fused-ring (bicyclic) bond motifs is 1. The van der Waals surface area contributed by atoms with Gasteiger partial charge < -0.3 is 24.5 Å². The Bertz CT molecular complexity index is 953. The van der Waals surface area contributed by atoms with Crippen LogP contribution in [0.3, 0.4) is 0 Å². The second kappa shape index (κ2) is 13.2. The van der Waals surface area contributed by atoms with E-state index in [-0.39, 0.29) is 36.3 Å². The van der Waals surface area contributed by atoms with Gasteiger partial charge in [0.2, 0.25) is 17.7 Å². The van der Waals surface area contributed by atoms with E-state index in [2.05, 4.69) is 20.1 Å². The van der Waals surface area contributed by atoms with Gasteiger partial charge in [-0.1, -0.05) is 53.2 Å². The van der Waals surface area contributed by atoms with Crippen LogP contribution in [0.2, 0.25) is 0 Å². The van der Waals surface area contributed by atoms with Crippen molar-refractivity contribution in [2.75, 3.05) is 26.2 Å². The maximum atomic E-state index is 14.7. The average Bonchev–Trinajstić information content (AvgIpc) is 3.53. The topological polar surface area (TPSA) is 90.4 Å². The number of amides is 3. The molecular weight excluding hydrogens is 506 g/mol. The molecule has 3 fully saturated rings. The summed E-state index contributed by atoms with van der Waals surface area (Å²) in [6.45, 7) is 21.1. The summed E-state index contributed by atoms with van der Waals surface area (Å²) in [5.41, 5.74) is -1.90. The summed E-state index contributed by atoms with van der Waals surface area (Å²) in [5, 5.41) is 10.6. The molecule has 0 radical (unpaired) electrons. The van der Waals surface area contributed by atoms with Gasteiger partial charge in [0.1, 0.15) is 11.6 Å². The van der Waals surface area contributed by atoms with E-state index in [1.54, 1.807) is 22.0 Å². The molecule has 3 aliphatic rings. The molecule has 8 nitrogen and oxygen atoms in total. The Labute approximate surface area is 241 Å². The zero-order valence-corrected chi connectivity index (χ0v) is 25.7. The second-order valence-electron chi connectivity index (χ2n) is 12.5. The van der Waals surface area contributed by atoms with Gasteiger partial charge in [0.25, 0.3) is 0 Å². The number of carbonyl (C=O) groups excluding carboxylic acids is 3. The molecule has 3 amide bonds. The fourth-order valence-electron chi connectivity index (χ4n) is 7.79. The van der Waals surface area contributed by atoms with E-state index in [1.165, 1.54) is 0 Å². The quantitative estimate of drug-likeness (QED) is 0.287. The highest BCUT2D eigenvalue weighted by Crippen LogP contribution is 2.65. The van der Waals surface area contributed by atoms with Crippen LogP contribution in [0.5, 0.6) is 0 Å². The van der Waals surface area contributed by atoms with Gasteiger partial charge in [-0.25, -0.2) is 0 Å². The van der Waals surface area contributed by atoms with Gasteiger partial charge in [0, 0.05) is 25.7 Å². The molecule has 0 aromatic carbocycles. The molecule has 3 aliphatic heterocycles. The van der Waals surface area contributed by atoms with Crippen molar-refractivity contribution in [1.29, 1.82) is 0 Å². The summed E-state index contributed by atoms with van der Waals surface area (Å²) in [7, 11) is 0. The molecule has 1 N–H and O–H groups in total. The van der Waals surface area contributed by atoms with Crippen molar-refractivity contribution >= 4 is 17.7 Å². The summed E-state index contributed by atoms with van der Waals surface area (Å²) in [6, 6.07) is -1.49. The number of likely N-dealkylation sites (tertiary alicyclic amines) is 1. The molecule has 0 aromatic heterocycles. The molecule has 3 heterocycles. The first-order chi connectivity index (χ1) is 19.0. The lowest BCUT2D eigenvalue weighted by atomic mass is 9.64.